The van der Waals surface area contributed by atoms with Gasteiger partial charge in [0.15, 0.2) is 0 Å². The Bertz CT molecular complexity index is 475. The van der Waals surface area contributed by atoms with Crippen LogP contribution in [0, 0.1) is 17.8 Å². The van der Waals surface area contributed by atoms with Gasteiger partial charge in [-0.25, -0.2) is 0 Å². The Morgan fingerprint density at radius 2 is 2.33 bits per heavy atom. The van der Waals surface area contributed by atoms with Crippen LogP contribution in [-0.4, -0.2) is 31.0 Å². The number of rotatable bonds is 4. The van der Waals surface area contributed by atoms with Gasteiger partial charge in [0.05, 0.1) is 7.11 Å². The molecule has 1 heterocycles. The number of nitrogens with zero attached hydrogens (tertiary/aromatic N) is 1. The molecule has 2 aliphatic rings. The SMILES string of the molecule is COc1cccc(CN2CC3C(CN)C3C2=O)c1. The highest BCUT2D eigenvalue weighted by molar-refractivity contribution is 5.85. The van der Waals surface area contributed by atoms with Crippen molar-refractivity contribution >= 4 is 5.91 Å². The maximum Gasteiger partial charge on any atom is 0.226 e. The fraction of sp³-hybridized carbons (Fsp3) is 0.500. The summed E-state index contributed by atoms with van der Waals surface area (Å²) in [7, 11) is 1.65. The van der Waals surface area contributed by atoms with Crippen molar-refractivity contribution in [2.45, 2.75) is 6.54 Å². The number of piperidine rings is 1. The van der Waals surface area contributed by atoms with Crippen molar-refractivity contribution in [3.8, 4) is 5.75 Å². The second-order valence-electron chi connectivity index (χ2n) is 5.16. The standard InChI is InChI=1S/C14H18N2O2/c1-18-10-4-2-3-9(5-10)7-16-8-12-11(6-15)13(12)14(16)17/h2-5,11-13H,6-8,15H2,1H3. The lowest BCUT2D eigenvalue weighted by Crippen LogP contribution is -2.30. The second-order valence-corrected chi connectivity index (χ2v) is 5.16. The molecule has 0 aromatic heterocycles. The summed E-state index contributed by atoms with van der Waals surface area (Å²) < 4.78 is 5.19. The largest absolute Gasteiger partial charge is 0.497 e. The van der Waals surface area contributed by atoms with Gasteiger partial charge in [-0.3, -0.25) is 4.79 Å². The van der Waals surface area contributed by atoms with Gasteiger partial charge in [-0.2, -0.15) is 0 Å². The number of hydrogen-bond donors (Lipinski definition) is 1. The Kier molecular flexibility index (Phi) is 2.74. The average molecular weight is 246 g/mol. The Balaban J connectivity index is 1.66. The normalized spacial score (nSPS) is 29.3. The molecule has 0 bridgehead atoms. The third kappa shape index (κ3) is 1.77. The predicted molar refractivity (Wildman–Crippen MR) is 67.9 cm³/mol. The highest BCUT2D eigenvalue weighted by atomic mass is 16.5. The van der Waals surface area contributed by atoms with E-state index in [4.69, 9.17) is 10.5 Å². The van der Waals surface area contributed by atoms with E-state index in [2.05, 4.69) is 0 Å². The predicted octanol–water partition coefficient (Wildman–Crippen LogP) is 0.858. The number of nitrogens with two attached hydrogens (primary N) is 1. The van der Waals surface area contributed by atoms with Crippen LogP contribution in [0.15, 0.2) is 24.3 Å². The molecule has 0 radical (unpaired) electrons. The first-order valence-electron chi connectivity index (χ1n) is 6.36. The van der Waals surface area contributed by atoms with E-state index >= 15 is 0 Å². The molecule has 4 nitrogen and oxygen atoms in total. The first-order chi connectivity index (χ1) is 8.74. The number of fused-ring (bicyclic) bond motifs is 1. The summed E-state index contributed by atoms with van der Waals surface area (Å²) in [4.78, 5) is 14.1. The molecule has 3 unspecified atom stereocenters. The number of carbonyl (C=O) groups excluding carboxylic acids is 1. The van der Waals surface area contributed by atoms with Gasteiger partial charge >= 0.3 is 0 Å². The van der Waals surface area contributed by atoms with E-state index in [0.717, 1.165) is 17.9 Å². The lowest BCUT2D eigenvalue weighted by molar-refractivity contribution is -0.131. The molecule has 18 heavy (non-hydrogen) atoms. The van der Waals surface area contributed by atoms with E-state index < -0.39 is 0 Å². The third-order valence-corrected chi connectivity index (χ3v) is 4.14. The summed E-state index contributed by atoms with van der Waals surface area (Å²) in [5, 5.41) is 0. The van der Waals surface area contributed by atoms with E-state index in [0.29, 0.717) is 24.9 Å². The van der Waals surface area contributed by atoms with Crippen molar-refractivity contribution in [1.82, 2.24) is 4.90 Å². The number of methoxy groups -OCH3 is 1. The topological polar surface area (TPSA) is 55.6 Å². The average Bonchev–Trinajstić information content (AvgIpc) is 3.01. The zero-order valence-electron chi connectivity index (χ0n) is 10.5. The summed E-state index contributed by atoms with van der Waals surface area (Å²) in [5.41, 5.74) is 6.75. The van der Waals surface area contributed by atoms with Crippen molar-refractivity contribution in [2.24, 2.45) is 23.5 Å². The molecule has 2 fully saturated rings. The van der Waals surface area contributed by atoms with Gasteiger partial charge in [0.1, 0.15) is 5.75 Å². The monoisotopic (exact) mass is 246 g/mol. The van der Waals surface area contributed by atoms with Crippen LogP contribution in [0.1, 0.15) is 5.56 Å². The molecule has 2 N–H and O–H groups in total. The molecule has 1 aliphatic heterocycles. The Hall–Kier alpha value is -1.55. The molecule has 96 valence electrons. The molecule has 1 saturated carbocycles. The van der Waals surface area contributed by atoms with Crippen LogP contribution in [0.25, 0.3) is 0 Å². The minimum Gasteiger partial charge on any atom is -0.497 e. The van der Waals surface area contributed by atoms with Gasteiger partial charge < -0.3 is 15.4 Å². The summed E-state index contributed by atoms with van der Waals surface area (Å²) in [6.45, 7) is 2.19. The molecule has 1 aromatic rings. The Morgan fingerprint density at radius 1 is 1.50 bits per heavy atom. The molecule has 4 heteroatoms. The summed E-state index contributed by atoms with van der Waals surface area (Å²) in [5.74, 6) is 2.27. The highest BCUT2D eigenvalue weighted by Gasteiger charge is 2.60. The van der Waals surface area contributed by atoms with Crippen molar-refractivity contribution in [3.05, 3.63) is 29.8 Å². The number of benzene rings is 1. The van der Waals surface area contributed by atoms with Gasteiger partial charge in [-0.15, -0.1) is 0 Å². The number of ether oxygens (including phenoxy) is 1. The first-order valence-corrected chi connectivity index (χ1v) is 6.36. The van der Waals surface area contributed by atoms with Crippen molar-refractivity contribution in [2.75, 3.05) is 20.2 Å². The van der Waals surface area contributed by atoms with Crippen LogP contribution in [-0.2, 0) is 11.3 Å². The van der Waals surface area contributed by atoms with E-state index in [9.17, 15) is 4.79 Å². The molecule has 3 atom stereocenters. The van der Waals surface area contributed by atoms with E-state index in [1.165, 1.54) is 0 Å². The van der Waals surface area contributed by atoms with Crippen LogP contribution in [0.3, 0.4) is 0 Å². The lowest BCUT2D eigenvalue weighted by atomic mass is 10.2. The van der Waals surface area contributed by atoms with Crippen molar-refractivity contribution < 1.29 is 9.53 Å². The molecular formula is C14H18N2O2. The quantitative estimate of drug-likeness (QED) is 0.857. The Morgan fingerprint density at radius 3 is 2.94 bits per heavy atom. The minimum absolute atomic E-state index is 0.209. The molecule has 1 saturated heterocycles. The second kappa shape index (κ2) is 4.28. The van der Waals surface area contributed by atoms with E-state index in [1.807, 2.05) is 29.2 Å². The Labute approximate surface area is 107 Å². The number of hydrogen-bond acceptors (Lipinski definition) is 3. The fourth-order valence-electron chi connectivity index (χ4n) is 3.07. The van der Waals surface area contributed by atoms with Crippen LogP contribution in [0.5, 0.6) is 5.75 Å². The maximum absolute atomic E-state index is 12.1. The van der Waals surface area contributed by atoms with Crippen LogP contribution >= 0.6 is 0 Å². The molecule has 1 aromatic carbocycles. The van der Waals surface area contributed by atoms with Gasteiger partial charge in [0, 0.05) is 19.0 Å². The van der Waals surface area contributed by atoms with Crippen LogP contribution in [0.2, 0.25) is 0 Å². The first kappa shape index (κ1) is 11.5. The summed E-state index contributed by atoms with van der Waals surface area (Å²) >= 11 is 0. The van der Waals surface area contributed by atoms with Crippen molar-refractivity contribution in [3.63, 3.8) is 0 Å². The lowest BCUT2D eigenvalue weighted by Gasteiger charge is -2.20. The minimum atomic E-state index is 0.209. The summed E-state index contributed by atoms with van der Waals surface area (Å²) in [6.07, 6.45) is 0. The van der Waals surface area contributed by atoms with Crippen molar-refractivity contribution in [1.29, 1.82) is 0 Å². The van der Waals surface area contributed by atoms with E-state index in [1.54, 1.807) is 7.11 Å². The van der Waals surface area contributed by atoms with Gasteiger partial charge in [-0.05, 0) is 36.1 Å². The molecule has 3 rings (SSSR count). The zero-order valence-corrected chi connectivity index (χ0v) is 10.5. The maximum atomic E-state index is 12.1. The smallest absolute Gasteiger partial charge is 0.226 e. The number of likely N-dealkylation sites (tertiary alicyclic amines) is 1. The van der Waals surface area contributed by atoms with Gasteiger partial charge in [0.2, 0.25) is 5.91 Å². The molecule has 0 spiro atoms. The van der Waals surface area contributed by atoms with E-state index in [-0.39, 0.29) is 11.8 Å². The summed E-state index contributed by atoms with van der Waals surface area (Å²) in [6, 6.07) is 7.88. The number of amides is 1. The van der Waals surface area contributed by atoms with Crippen LogP contribution < -0.4 is 10.5 Å². The van der Waals surface area contributed by atoms with Gasteiger partial charge in [0.25, 0.3) is 0 Å². The zero-order chi connectivity index (χ0) is 12.7. The molecular weight excluding hydrogens is 228 g/mol. The highest BCUT2D eigenvalue weighted by Crippen LogP contribution is 2.52. The number of carbonyl (C=O) groups is 1. The molecule has 1 amide bonds. The fourth-order valence-corrected chi connectivity index (χ4v) is 3.07. The van der Waals surface area contributed by atoms with Gasteiger partial charge in [-0.1, -0.05) is 12.1 Å². The van der Waals surface area contributed by atoms with Crippen LogP contribution in [0.4, 0.5) is 0 Å². The molecule has 1 aliphatic carbocycles. The third-order valence-electron chi connectivity index (χ3n) is 4.14.